The van der Waals surface area contributed by atoms with Crippen LogP contribution in [-0.2, 0) is 0 Å². The van der Waals surface area contributed by atoms with Crippen LogP contribution in [0.4, 0.5) is 5.82 Å². The molecule has 1 aliphatic carbocycles. The van der Waals surface area contributed by atoms with Gasteiger partial charge in [0.25, 0.3) is 0 Å². The number of carboxylic acids is 1. The number of anilines is 1. The first-order valence-electron chi connectivity index (χ1n) is 7.84. The Morgan fingerprint density at radius 3 is 2.57 bits per heavy atom. The maximum atomic E-state index is 11.6. The zero-order chi connectivity index (χ0) is 16.3. The molecule has 0 unspecified atom stereocenters. The van der Waals surface area contributed by atoms with E-state index >= 15 is 0 Å². The molecule has 1 saturated carbocycles. The molecule has 2 aromatic rings. The van der Waals surface area contributed by atoms with Gasteiger partial charge in [-0.25, -0.2) is 4.79 Å². The van der Waals surface area contributed by atoms with Gasteiger partial charge < -0.3 is 20.1 Å². The first-order valence-corrected chi connectivity index (χ1v) is 7.84. The number of carboxylic acid groups (broad SMARTS) is 1. The molecule has 3 rings (SSSR count). The van der Waals surface area contributed by atoms with Gasteiger partial charge in [-0.3, -0.25) is 0 Å². The molecule has 1 heterocycles. The Kier molecular flexibility index (Phi) is 4.34. The highest BCUT2D eigenvalue weighted by Gasteiger charge is 2.31. The summed E-state index contributed by atoms with van der Waals surface area (Å²) >= 11 is 0. The highest BCUT2D eigenvalue weighted by molar-refractivity contribution is 5.99. The van der Waals surface area contributed by atoms with E-state index < -0.39 is 11.6 Å². The van der Waals surface area contributed by atoms with Gasteiger partial charge in [0.15, 0.2) is 17.1 Å². The zero-order valence-electron chi connectivity index (χ0n) is 12.8. The molecule has 3 N–H and O–H groups in total. The predicted octanol–water partition coefficient (Wildman–Crippen LogP) is 3.15. The summed E-state index contributed by atoms with van der Waals surface area (Å²) in [7, 11) is 0. The number of carbonyl (C=O) groups is 1. The molecule has 6 heteroatoms. The van der Waals surface area contributed by atoms with Crippen molar-refractivity contribution in [2.24, 2.45) is 0 Å². The number of aliphatic hydroxyl groups is 1. The molecule has 6 nitrogen and oxygen atoms in total. The molecule has 0 spiro atoms. The van der Waals surface area contributed by atoms with Crippen LogP contribution >= 0.6 is 0 Å². The first kappa shape index (κ1) is 15.6. The third-order valence-corrected chi connectivity index (χ3v) is 4.31. The molecular formula is C17H20N2O4. The maximum absolute atomic E-state index is 11.6. The number of benzene rings is 1. The lowest BCUT2D eigenvalue weighted by Crippen LogP contribution is -2.39. The van der Waals surface area contributed by atoms with Crippen molar-refractivity contribution in [3.8, 4) is 11.3 Å². The predicted molar refractivity (Wildman–Crippen MR) is 85.4 cm³/mol. The summed E-state index contributed by atoms with van der Waals surface area (Å²) < 4.78 is 5.24. The Morgan fingerprint density at radius 1 is 1.22 bits per heavy atom. The van der Waals surface area contributed by atoms with Gasteiger partial charge in [0.05, 0.1) is 5.60 Å². The molecule has 0 bridgehead atoms. The quantitative estimate of drug-likeness (QED) is 0.784. The minimum Gasteiger partial charge on any atom is -0.477 e. The molecular weight excluding hydrogens is 296 g/mol. The Balaban J connectivity index is 1.83. The van der Waals surface area contributed by atoms with Crippen LogP contribution in [0.15, 0.2) is 34.9 Å². The smallest absolute Gasteiger partial charge is 0.343 e. The third-order valence-electron chi connectivity index (χ3n) is 4.31. The lowest BCUT2D eigenvalue weighted by Gasteiger charge is -2.32. The van der Waals surface area contributed by atoms with Gasteiger partial charge in [0.2, 0.25) is 0 Å². The zero-order valence-corrected chi connectivity index (χ0v) is 12.8. The fourth-order valence-corrected chi connectivity index (χ4v) is 3.03. The topological polar surface area (TPSA) is 95.6 Å². The second kappa shape index (κ2) is 6.42. The highest BCUT2D eigenvalue weighted by Crippen LogP contribution is 2.31. The molecule has 1 fully saturated rings. The summed E-state index contributed by atoms with van der Waals surface area (Å²) in [4.78, 5) is 11.6. The number of rotatable bonds is 5. The number of hydrogen-bond donors (Lipinski definition) is 3. The fourth-order valence-electron chi connectivity index (χ4n) is 3.03. The standard InChI is InChI=1S/C17H20N2O4/c20-16(21)13-14(12-7-3-1-4-8-12)23-19-15(13)18-11-17(22)9-5-2-6-10-17/h1,3-4,7-8,22H,2,5-6,9-11H2,(H,18,19)(H,20,21). The largest absolute Gasteiger partial charge is 0.477 e. The van der Waals surface area contributed by atoms with Gasteiger partial charge in [-0.05, 0) is 12.8 Å². The van der Waals surface area contributed by atoms with Crippen molar-refractivity contribution in [2.45, 2.75) is 37.7 Å². The number of nitrogens with one attached hydrogen (secondary N) is 1. The van der Waals surface area contributed by atoms with E-state index in [0.29, 0.717) is 18.4 Å². The number of nitrogens with zero attached hydrogens (tertiary/aromatic N) is 1. The van der Waals surface area contributed by atoms with Gasteiger partial charge in [-0.2, -0.15) is 0 Å². The lowest BCUT2D eigenvalue weighted by atomic mass is 9.85. The number of aromatic nitrogens is 1. The van der Waals surface area contributed by atoms with E-state index in [9.17, 15) is 15.0 Å². The molecule has 0 radical (unpaired) electrons. The molecule has 0 atom stereocenters. The summed E-state index contributed by atoms with van der Waals surface area (Å²) in [6, 6.07) is 9.00. The van der Waals surface area contributed by atoms with Crippen LogP contribution in [0.25, 0.3) is 11.3 Å². The summed E-state index contributed by atoms with van der Waals surface area (Å²) in [6.45, 7) is 0.272. The molecule has 0 saturated heterocycles. The van der Waals surface area contributed by atoms with Crippen LogP contribution in [0.5, 0.6) is 0 Å². The molecule has 0 aliphatic heterocycles. The van der Waals surface area contributed by atoms with E-state index in [-0.39, 0.29) is 23.7 Å². The van der Waals surface area contributed by atoms with Crippen LogP contribution < -0.4 is 5.32 Å². The van der Waals surface area contributed by atoms with Crippen LogP contribution in [0.3, 0.4) is 0 Å². The molecule has 0 amide bonds. The van der Waals surface area contributed by atoms with Crippen LogP contribution in [0.2, 0.25) is 0 Å². The lowest BCUT2D eigenvalue weighted by molar-refractivity contribution is 0.0165. The monoisotopic (exact) mass is 316 g/mol. The van der Waals surface area contributed by atoms with Crippen molar-refractivity contribution in [3.05, 3.63) is 35.9 Å². The minimum absolute atomic E-state index is 0.00407. The van der Waals surface area contributed by atoms with Crippen molar-refractivity contribution in [1.29, 1.82) is 0 Å². The SMILES string of the molecule is O=C(O)c1c(NCC2(O)CCCCC2)noc1-c1ccccc1. The van der Waals surface area contributed by atoms with E-state index in [4.69, 9.17) is 4.52 Å². The number of hydrogen-bond acceptors (Lipinski definition) is 5. The third kappa shape index (κ3) is 3.37. The Labute approximate surface area is 134 Å². The van der Waals surface area contributed by atoms with E-state index in [1.165, 1.54) is 0 Å². The molecule has 23 heavy (non-hydrogen) atoms. The number of aromatic carboxylic acids is 1. The summed E-state index contributed by atoms with van der Waals surface area (Å²) in [5.41, 5.74) is -0.155. The second-order valence-electron chi connectivity index (χ2n) is 6.05. The molecule has 1 aliphatic rings. The summed E-state index contributed by atoms with van der Waals surface area (Å²) in [5, 5.41) is 26.8. The minimum atomic E-state index is -1.11. The van der Waals surface area contributed by atoms with Crippen LogP contribution in [-0.4, -0.2) is 33.5 Å². The molecule has 1 aromatic carbocycles. The van der Waals surface area contributed by atoms with Crippen molar-refractivity contribution in [1.82, 2.24) is 5.16 Å². The normalized spacial score (nSPS) is 16.9. The average Bonchev–Trinajstić information content (AvgIpc) is 2.99. The highest BCUT2D eigenvalue weighted by atomic mass is 16.5. The second-order valence-corrected chi connectivity index (χ2v) is 6.05. The fraction of sp³-hybridized carbons (Fsp3) is 0.412. The van der Waals surface area contributed by atoms with Crippen molar-refractivity contribution in [3.63, 3.8) is 0 Å². The molecule has 1 aromatic heterocycles. The van der Waals surface area contributed by atoms with Gasteiger partial charge in [0, 0.05) is 12.1 Å². The summed E-state index contributed by atoms with van der Waals surface area (Å²) in [5.74, 6) is -0.727. The van der Waals surface area contributed by atoms with Gasteiger partial charge in [-0.15, -0.1) is 0 Å². The van der Waals surface area contributed by atoms with Crippen LogP contribution in [0, 0.1) is 0 Å². The average molecular weight is 316 g/mol. The Bertz CT molecular complexity index is 675. The van der Waals surface area contributed by atoms with Crippen LogP contribution in [0.1, 0.15) is 42.5 Å². The Hall–Kier alpha value is -2.34. The van der Waals surface area contributed by atoms with Gasteiger partial charge in [0.1, 0.15) is 0 Å². The van der Waals surface area contributed by atoms with Gasteiger partial charge >= 0.3 is 5.97 Å². The van der Waals surface area contributed by atoms with E-state index in [2.05, 4.69) is 10.5 Å². The van der Waals surface area contributed by atoms with Crippen molar-refractivity contribution < 1.29 is 19.5 Å². The van der Waals surface area contributed by atoms with Crippen molar-refractivity contribution in [2.75, 3.05) is 11.9 Å². The summed E-state index contributed by atoms with van der Waals surface area (Å²) in [6.07, 6.45) is 4.53. The Morgan fingerprint density at radius 2 is 1.91 bits per heavy atom. The molecule has 122 valence electrons. The first-order chi connectivity index (χ1) is 11.1. The van der Waals surface area contributed by atoms with E-state index in [1.807, 2.05) is 6.07 Å². The van der Waals surface area contributed by atoms with Gasteiger partial charge in [-0.1, -0.05) is 54.8 Å². The van der Waals surface area contributed by atoms with E-state index in [1.54, 1.807) is 24.3 Å². The maximum Gasteiger partial charge on any atom is 0.343 e. The van der Waals surface area contributed by atoms with Crippen molar-refractivity contribution >= 4 is 11.8 Å². The van der Waals surface area contributed by atoms with E-state index in [0.717, 1.165) is 19.3 Å².